The molecular formula is C14H30O. The van der Waals surface area contributed by atoms with Crippen molar-refractivity contribution in [1.29, 1.82) is 0 Å². The monoisotopic (exact) mass is 214 g/mol. The number of aliphatic hydroxyl groups is 1. The Morgan fingerprint density at radius 3 is 2.20 bits per heavy atom. The lowest BCUT2D eigenvalue weighted by atomic mass is 9.84. The van der Waals surface area contributed by atoms with E-state index < -0.39 is 0 Å². The van der Waals surface area contributed by atoms with Gasteiger partial charge in [0.25, 0.3) is 0 Å². The van der Waals surface area contributed by atoms with Crippen LogP contribution >= 0.6 is 0 Å². The molecule has 0 aliphatic carbocycles. The van der Waals surface area contributed by atoms with Crippen LogP contribution in [0.5, 0.6) is 0 Å². The smallest absolute Gasteiger partial charge is 0.0540 e. The summed E-state index contributed by atoms with van der Waals surface area (Å²) in [7, 11) is 0. The van der Waals surface area contributed by atoms with Crippen molar-refractivity contribution in [1.82, 2.24) is 0 Å². The average Bonchev–Trinajstić information content (AvgIpc) is 2.22. The van der Waals surface area contributed by atoms with Gasteiger partial charge in [0.15, 0.2) is 0 Å². The predicted octanol–water partition coefficient (Wildman–Crippen LogP) is 4.53. The van der Waals surface area contributed by atoms with Crippen molar-refractivity contribution in [2.24, 2.45) is 5.41 Å². The summed E-state index contributed by atoms with van der Waals surface area (Å²) < 4.78 is 0. The standard InChI is InChI=1S/C14H30O/c1-5-7-8-9-10-13(15)11-12-14(3,4)6-2/h13,15H,5-12H2,1-4H3. The molecule has 0 aromatic rings. The molecule has 0 aliphatic rings. The third-order valence-electron chi connectivity index (χ3n) is 3.50. The van der Waals surface area contributed by atoms with Crippen molar-refractivity contribution < 1.29 is 5.11 Å². The number of rotatable bonds is 9. The van der Waals surface area contributed by atoms with Crippen LogP contribution in [0.15, 0.2) is 0 Å². The molecule has 0 bridgehead atoms. The zero-order valence-electron chi connectivity index (χ0n) is 11.2. The van der Waals surface area contributed by atoms with Gasteiger partial charge >= 0.3 is 0 Å². The van der Waals surface area contributed by atoms with Gasteiger partial charge in [0, 0.05) is 0 Å². The Morgan fingerprint density at radius 2 is 1.67 bits per heavy atom. The normalized spacial score (nSPS) is 14.2. The van der Waals surface area contributed by atoms with Crippen molar-refractivity contribution in [2.75, 3.05) is 0 Å². The molecule has 0 aromatic carbocycles. The van der Waals surface area contributed by atoms with E-state index in [0.717, 1.165) is 19.3 Å². The maximum atomic E-state index is 9.81. The second-order valence-corrected chi connectivity index (χ2v) is 5.56. The largest absolute Gasteiger partial charge is 0.393 e. The van der Waals surface area contributed by atoms with Crippen LogP contribution in [0.25, 0.3) is 0 Å². The zero-order valence-corrected chi connectivity index (χ0v) is 11.2. The molecule has 1 nitrogen and oxygen atoms in total. The minimum atomic E-state index is -0.0623. The predicted molar refractivity (Wildman–Crippen MR) is 68.1 cm³/mol. The van der Waals surface area contributed by atoms with Crippen molar-refractivity contribution in [3.8, 4) is 0 Å². The Balaban J connectivity index is 3.44. The van der Waals surface area contributed by atoms with Gasteiger partial charge in [-0.15, -0.1) is 0 Å². The topological polar surface area (TPSA) is 20.2 Å². The van der Waals surface area contributed by atoms with Gasteiger partial charge in [-0.05, 0) is 24.7 Å². The fourth-order valence-electron chi connectivity index (χ4n) is 1.69. The van der Waals surface area contributed by atoms with Gasteiger partial charge in [-0.1, -0.05) is 59.8 Å². The van der Waals surface area contributed by atoms with Gasteiger partial charge in [0.1, 0.15) is 0 Å². The van der Waals surface area contributed by atoms with Crippen LogP contribution in [0.4, 0.5) is 0 Å². The zero-order chi connectivity index (χ0) is 11.7. The van der Waals surface area contributed by atoms with E-state index in [9.17, 15) is 5.11 Å². The molecular weight excluding hydrogens is 184 g/mol. The number of aliphatic hydroxyl groups excluding tert-OH is 1. The number of hydrogen-bond acceptors (Lipinski definition) is 1. The van der Waals surface area contributed by atoms with Crippen LogP contribution in [0, 0.1) is 5.41 Å². The summed E-state index contributed by atoms with van der Waals surface area (Å²) in [6, 6.07) is 0. The van der Waals surface area contributed by atoms with E-state index in [1.807, 2.05) is 0 Å². The molecule has 0 rings (SSSR count). The molecule has 0 radical (unpaired) electrons. The Bertz CT molecular complexity index is 140. The fourth-order valence-corrected chi connectivity index (χ4v) is 1.69. The minimum absolute atomic E-state index is 0.0623. The summed E-state index contributed by atoms with van der Waals surface area (Å²) in [5.74, 6) is 0. The van der Waals surface area contributed by atoms with Gasteiger partial charge in [-0.2, -0.15) is 0 Å². The van der Waals surface area contributed by atoms with Crippen molar-refractivity contribution >= 4 is 0 Å². The van der Waals surface area contributed by atoms with E-state index in [-0.39, 0.29) is 6.10 Å². The summed E-state index contributed by atoms with van der Waals surface area (Å²) >= 11 is 0. The molecule has 1 atom stereocenters. The number of hydrogen-bond donors (Lipinski definition) is 1. The van der Waals surface area contributed by atoms with Crippen LogP contribution in [-0.4, -0.2) is 11.2 Å². The maximum Gasteiger partial charge on any atom is 0.0540 e. The molecule has 1 unspecified atom stereocenters. The number of unbranched alkanes of at least 4 members (excludes halogenated alkanes) is 3. The van der Waals surface area contributed by atoms with Crippen LogP contribution in [0.2, 0.25) is 0 Å². The maximum absolute atomic E-state index is 9.81. The van der Waals surface area contributed by atoms with Crippen LogP contribution in [0.3, 0.4) is 0 Å². The molecule has 1 heteroatoms. The molecule has 0 heterocycles. The van der Waals surface area contributed by atoms with E-state index in [1.165, 1.54) is 32.1 Å². The van der Waals surface area contributed by atoms with E-state index in [0.29, 0.717) is 5.41 Å². The first-order valence-electron chi connectivity index (χ1n) is 6.70. The van der Waals surface area contributed by atoms with Gasteiger partial charge in [-0.25, -0.2) is 0 Å². The van der Waals surface area contributed by atoms with E-state index in [1.54, 1.807) is 0 Å². The van der Waals surface area contributed by atoms with Crippen molar-refractivity contribution in [2.45, 2.75) is 85.2 Å². The van der Waals surface area contributed by atoms with Crippen molar-refractivity contribution in [3.05, 3.63) is 0 Å². The molecule has 1 N–H and O–H groups in total. The van der Waals surface area contributed by atoms with Gasteiger partial charge < -0.3 is 5.11 Å². The third-order valence-corrected chi connectivity index (χ3v) is 3.50. The first-order chi connectivity index (χ1) is 7.02. The minimum Gasteiger partial charge on any atom is -0.393 e. The van der Waals surface area contributed by atoms with E-state index >= 15 is 0 Å². The fraction of sp³-hybridized carbons (Fsp3) is 1.00. The molecule has 92 valence electrons. The van der Waals surface area contributed by atoms with Crippen LogP contribution in [0.1, 0.15) is 79.1 Å². The summed E-state index contributed by atoms with van der Waals surface area (Å²) in [5.41, 5.74) is 0.407. The van der Waals surface area contributed by atoms with Gasteiger partial charge in [-0.3, -0.25) is 0 Å². The molecule has 0 spiro atoms. The first-order valence-corrected chi connectivity index (χ1v) is 6.70. The Kier molecular flexibility index (Phi) is 8.13. The highest BCUT2D eigenvalue weighted by molar-refractivity contribution is 4.69. The lowest BCUT2D eigenvalue weighted by Crippen LogP contribution is -2.15. The molecule has 0 aromatic heterocycles. The van der Waals surface area contributed by atoms with Gasteiger partial charge in [0.2, 0.25) is 0 Å². The summed E-state index contributed by atoms with van der Waals surface area (Å²) in [6.07, 6.45) is 9.34. The third kappa shape index (κ3) is 8.92. The highest BCUT2D eigenvalue weighted by atomic mass is 16.3. The quantitative estimate of drug-likeness (QED) is 0.559. The SMILES string of the molecule is CCCCCCC(O)CCC(C)(C)CC. The van der Waals surface area contributed by atoms with E-state index in [4.69, 9.17) is 0 Å². The molecule has 0 fully saturated rings. The molecule has 0 saturated heterocycles. The highest BCUT2D eigenvalue weighted by Gasteiger charge is 2.16. The van der Waals surface area contributed by atoms with Crippen molar-refractivity contribution in [3.63, 3.8) is 0 Å². The van der Waals surface area contributed by atoms with Gasteiger partial charge in [0.05, 0.1) is 6.10 Å². The van der Waals surface area contributed by atoms with E-state index in [2.05, 4.69) is 27.7 Å². The highest BCUT2D eigenvalue weighted by Crippen LogP contribution is 2.27. The molecule has 0 amide bonds. The summed E-state index contributed by atoms with van der Waals surface area (Å²) in [5, 5.41) is 9.81. The lowest BCUT2D eigenvalue weighted by Gasteiger charge is -2.23. The Hall–Kier alpha value is -0.0400. The summed E-state index contributed by atoms with van der Waals surface area (Å²) in [6.45, 7) is 9.03. The molecule has 0 saturated carbocycles. The second kappa shape index (κ2) is 8.15. The lowest BCUT2D eigenvalue weighted by molar-refractivity contribution is 0.129. The average molecular weight is 214 g/mol. The second-order valence-electron chi connectivity index (χ2n) is 5.56. The van der Waals surface area contributed by atoms with Crippen LogP contribution in [-0.2, 0) is 0 Å². The Morgan fingerprint density at radius 1 is 1.00 bits per heavy atom. The first kappa shape index (κ1) is 15.0. The molecule has 15 heavy (non-hydrogen) atoms. The van der Waals surface area contributed by atoms with Crippen LogP contribution < -0.4 is 0 Å². The summed E-state index contributed by atoms with van der Waals surface area (Å²) in [4.78, 5) is 0. The molecule has 0 aliphatic heterocycles. The Labute approximate surface area is 96.3 Å².